The standard InChI is InChI=1S/C21H23N3O3S/c1-13(2)14-4-7-16(8-5-14)27-11-10-22-19(25)15-6-9-17-18(12-15)23-21(28)24(3)20(17)26/h4-9,12-13H,10-11H2,1-3H3,(H,22,25)(H,23,28). The van der Waals surface area contributed by atoms with Gasteiger partial charge in [-0.2, -0.15) is 0 Å². The summed E-state index contributed by atoms with van der Waals surface area (Å²) >= 11 is 5.12. The van der Waals surface area contributed by atoms with Crippen molar-refractivity contribution in [3.8, 4) is 5.75 Å². The van der Waals surface area contributed by atoms with Crippen LogP contribution in [0.25, 0.3) is 10.9 Å². The van der Waals surface area contributed by atoms with Gasteiger partial charge in [-0.3, -0.25) is 14.2 Å². The number of aromatic nitrogens is 2. The van der Waals surface area contributed by atoms with Gasteiger partial charge in [0.1, 0.15) is 12.4 Å². The van der Waals surface area contributed by atoms with Gasteiger partial charge in [0, 0.05) is 12.6 Å². The lowest BCUT2D eigenvalue weighted by atomic mass is 10.0. The highest BCUT2D eigenvalue weighted by Gasteiger charge is 2.09. The van der Waals surface area contributed by atoms with Crippen LogP contribution in [0.5, 0.6) is 5.75 Å². The normalized spacial score (nSPS) is 11.0. The van der Waals surface area contributed by atoms with Crippen LogP contribution in [-0.2, 0) is 7.05 Å². The summed E-state index contributed by atoms with van der Waals surface area (Å²) < 4.78 is 7.34. The van der Waals surface area contributed by atoms with Crippen molar-refractivity contribution in [3.63, 3.8) is 0 Å². The Labute approximate surface area is 168 Å². The largest absolute Gasteiger partial charge is 0.492 e. The minimum atomic E-state index is -0.236. The maximum Gasteiger partial charge on any atom is 0.261 e. The van der Waals surface area contributed by atoms with Crippen molar-refractivity contribution < 1.29 is 9.53 Å². The number of ether oxygens (including phenoxy) is 1. The van der Waals surface area contributed by atoms with E-state index in [4.69, 9.17) is 17.0 Å². The molecule has 0 atom stereocenters. The summed E-state index contributed by atoms with van der Waals surface area (Å²) in [5.74, 6) is 1.01. The molecule has 0 saturated carbocycles. The number of carbonyl (C=O) groups is 1. The number of rotatable bonds is 6. The van der Waals surface area contributed by atoms with Gasteiger partial charge in [0.05, 0.1) is 17.4 Å². The number of hydrogen-bond acceptors (Lipinski definition) is 4. The third kappa shape index (κ3) is 4.31. The zero-order valence-electron chi connectivity index (χ0n) is 16.1. The molecule has 7 heteroatoms. The van der Waals surface area contributed by atoms with Gasteiger partial charge in [-0.05, 0) is 54.0 Å². The molecule has 0 fully saturated rings. The van der Waals surface area contributed by atoms with Crippen LogP contribution in [0.4, 0.5) is 0 Å². The number of benzene rings is 2. The number of nitrogens with one attached hydrogen (secondary N) is 2. The lowest BCUT2D eigenvalue weighted by molar-refractivity contribution is 0.0947. The van der Waals surface area contributed by atoms with Crippen molar-refractivity contribution in [1.82, 2.24) is 14.9 Å². The SMILES string of the molecule is CC(C)c1ccc(OCCNC(=O)c2ccc3c(=O)n(C)c(=S)[nH]c3c2)cc1. The molecular formula is C21H23N3O3S. The van der Waals surface area contributed by atoms with Crippen LogP contribution in [0, 0.1) is 4.77 Å². The molecule has 0 radical (unpaired) electrons. The minimum Gasteiger partial charge on any atom is -0.492 e. The zero-order valence-corrected chi connectivity index (χ0v) is 16.9. The van der Waals surface area contributed by atoms with E-state index in [0.717, 1.165) is 5.75 Å². The van der Waals surface area contributed by atoms with E-state index in [1.807, 2.05) is 24.3 Å². The van der Waals surface area contributed by atoms with E-state index in [1.165, 1.54) is 10.1 Å². The van der Waals surface area contributed by atoms with Gasteiger partial charge >= 0.3 is 0 Å². The third-order valence-electron chi connectivity index (χ3n) is 4.57. The first-order valence-corrected chi connectivity index (χ1v) is 9.51. The third-order valence-corrected chi connectivity index (χ3v) is 4.94. The smallest absolute Gasteiger partial charge is 0.261 e. The summed E-state index contributed by atoms with van der Waals surface area (Å²) in [5.41, 5.74) is 2.06. The molecule has 1 amide bonds. The highest BCUT2D eigenvalue weighted by Crippen LogP contribution is 2.18. The van der Waals surface area contributed by atoms with Crippen molar-refractivity contribution in [2.24, 2.45) is 7.05 Å². The average Bonchev–Trinajstić information content (AvgIpc) is 2.69. The predicted molar refractivity (Wildman–Crippen MR) is 113 cm³/mol. The number of nitrogens with zero attached hydrogens (tertiary/aromatic N) is 1. The fraction of sp³-hybridized carbons (Fsp3) is 0.286. The quantitative estimate of drug-likeness (QED) is 0.493. The van der Waals surface area contributed by atoms with E-state index in [0.29, 0.717) is 40.3 Å². The van der Waals surface area contributed by atoms with Gasteiger partial charge in [-0.25, -0.2) is 0 Å². The second kappa shape index (κ2) is 8.39. The van der Waals surface area contributed by atoms with Crippen LogP contribution in [0.1, 0.15) is 35.7 Å². The van der Waals surface area contributed by atoms with E-state index in [2.05, 4.69) is 24.1 Å². The molecule has 1 heterocycles. The Hall–Kier alpha value is -2.93. The van der Waals surface area contributed by atoms with Gasteiger partial charge in [-0.15, -0.1) is 0 Å². The summed E-state index contributed by atoms with van der Waals surface area (Å²) in [4.78, 5) is 27.5. The number of aromatic amines is 1. The van der Waals surface area contributed by atoms with Crippen LogP contribution in [-0.4, -0.2) is 28.6 Å². The van der Waals surface area contributed by atoms with Gasteiger partial charge in [0.2, 0.25) is 0 Å². The van der Waals surface area contributed by atoms with Gasteiger partial charge in [0.15, 0.2) is 4.77 Å². The maximum atomic E-state index is 12.4. The van der Waals surface area contributed by atoms with Crippen LogP contribution >= 0.6 is 12.2 Å². The Morgan fingerprint density at radius 3 is 2.61 bits per heavy atom. The molecule has 146 valence electrons. The topological polar surface area (TPSA) is 76.1 Å². The molecule has 2 N–H and O–H groups in total. The van der Waals surface area contributed by atoms with Crippen LogP contribution in [0.2, 0.25) is 0 Å². The highest BCUT2D eigenvalue weighted by molar-refractivity contribution is 7.71. The number of H-pyrrole nitrogens is 1. The highest BCUT2D eigenvalue weighted by atomic mass is 32.1. The molecule has 6 nitrogen and oxygen atoms in total. The molecule has 0 aliphatic rings. The molecule has 2 aromatic carbocycles. The van der Waals surface area contributed by atoms with Gasteiger partial charge < -0.3 is 15.0 Å². The summed E-state index contributed by atoms with van der Waals surface area (Å²) in [6.45, 7) is 5.02. The summed E-state index contributed by atoms with van der Waals surface area (Å²) in [5, 5.41) is 3.30. The fourth-order valence-electron chi connectivity index (χ4n) is 2.83. The fourth-order valence-corrected chi connectivity index (χ4v) is 3.02. The van der Waals surface area contributed by atoms with E-state index >= 15 is 0 Å². The number of fused-ring (bicyclic) bond motifs is 1. The Kier molecular flexibility index (Phi) is 5.94. The van der Waals surface area contributed by atoms with E-state index < -0.39 is 0 Å². The molecule has 3 aromatic rings. The average molecular weight is 398 g/mol. The summed E-state index contributed by atoms with van der Waals surface area (Å²) in [6.07, 6.45) is 0. The Morgan fingerprint density at radius 2 is 1.93 bits per heavy atom. The number of hydrogen-bond donors (Lipinski definition) is 2. The molecule has 0 aliphatic carbocycles. The minimum absolute atomic E-state index is 0.192. The summed E-state index contributed by atoms with van der Waals surface area (Å²) in [7, 11) is 1.61. The molecule has 28 heavy (non-hydrogen) atoms. The monoisotopic (exact) mass is 397 g/mol. The van der Waals surface area contributed by atoms with Crippen molar-refractivity contribution in [2.45, 2.75) is 19.8 Å². The first-order chi connectivity index (χ1) is 13.4. The van der Waals surface area contributed by atoms with E-state index in [-0.39, 0.29) is 11.5 Å². The second-order valence-electron chi connectivity index (χ2n) is 6.88. The molecule has 0 aliphatic heterocycles. The second-order valence-corrected chi connectivity index (χ2v) is 7.27. The first-order valence-electron chi connectivity index (χ1n) is 9.11. The molecule has 0 unspecified atom stereocenters. The molecular weight excluding hydrogens is 374 g/mol. The first kappa shape index (κ1) is 19.8. The maximum absolute atomic E-state index is 12.4. The Bertz CT molecular complexity index is 1110. The van der Waals surface area contributed by atoms with Crippen molar-refractivity contribution in [1.29, 1.82) is 0 Å². The van der Waals surface area contributed by atoms with Gasteiger partial charge in [0.25, 0.3) is 11.5 Å². The molecule has 1 aromatic heterocycles. The van der Waals surface area contributed by atoms with Crippen molar-refractivity contribution in [2.75, 3.05) is 13.2 Å². The lowest BCUT2D eigenvalue weighted by Gasteiger charge is -2.10. The van der Waals surface area contributed by atoms with E-state index in [9.17, 15) is 9.59 Å². The van der Waals surface area contributed by atoms with E-state index in [1.54, 1.807) is 25.2 Å². The molecule has 0 spiro atoms. The van der Waals surface area contributed by atoms with Crippen LogP contribution in [0.3, 0.4) is 0 Å². The lowest BCUT2D eigenvalue weighted by Crippen LogP contribution is -2.28. The van der Waals surface area contributed by atoms with Crippen molar-refractivity contribution in [3.05, 3.63) is 68.7 Å². The van der Waals surface area contributed by atoms with Crippen LogP contribution in [0.15, 0.2) is 47.3 Å². The van der Waals surface area contributed by atoms with Crippen LogP contribution < -0.4 is 15.6 Å². The van der Waals surface area contributed by atoms with Gasteiger partial charge in [-0.1, -0.05) is 26.0 Å². The molecule has 3 rings (SSSR count). The Morgan fingerprint density at radius 1 is 1.21 bits per heavy atom. The predicted octanol–water partition coefficient (Wildman–Crippen LogP) is 3.53. The van der Waals surface area contributed by atoms with Crippen molar-refractivity contribution >= 4 is 29.0 Å². The Balaban J connectivity index is 1.59. The number of carbonyl (C=O) groups excluding carboxylic acids is 1. The zero-order chi connectivity index (χ0) is 20.3. The molecule has 0 saturated heterocycles. The number of amides is 1. The summed E-state index contributed by atoms with van der Waals surface area (Å²) in [6, 6.07) is 12.8. The molecule has 0 bridgehead atoms.